The van der Waals surface area contributed by atoms with E-state index in [0.717, 1.165) is 29.8 Å². The fourth-order valence-electron chi connectivity index (χ4n) is 3.92. The predicted molar refractivity (Wildman–Crippen MR) is 107 cm³/mol. The first kappa shape index (κ1) is 17.8. The highest BCUT2D eigenvalue weighted by Crippen LogP contribution is 2.59. The van der Waals surface area contributed by atoms with E-state index in [1.54, 1.807) is 35.4 Å². The highest BCUT2D eigenvalue weighted by molar-refractivity contribution is 6.14. The van der Waals surface area contributed by atoms with E-state index in [4.69, 9.17) is 4.74 Å². The monoisotopic (exact) mass is 388 g/mol. The fraction of sp³-hybridized carbons (Fsp3) is 0.217. The van der Waals surface area contributed by atoms with Gasteiger partial charge in [0.15, 0.2) is 6.29 Å². The minimum absolute atomic E-state index is 0.0617. The van der Waals surface area contributed by atoms with Crippen LogP contribution in [0.4, 0.5) is 11.4 Å². The van der Waals surface area contributed by atoms with Crippen LogP contribution in [-0.4, -0.2) is 21.1 Å². The summed E-state index contributed by atoms with van der Waals surface area (Å²) >= 11 is 0. The minimum atomic E-state index is -1.53. The van der Waals surface area contributed by atoms with Crippen LogP contribution < -0.4 is 9.64 Å². The molecule has 0 unspecified atom stereocenters. The van der Waals surface area contributed by atoms with Gasteiger partial charge in [0.2, 0.25) is 5.91 Å². The van der Waals surface area contributed by atoms with Crippen molar-refractivity contribution in [2.75, 3.05) is 4.90 Å². The van der Waals surface area contributed by atoms with E-state index in [1.807, 2.05) is 36.4 Å². The summed E-state index contributed by atoms with van der Waals surface area (Å²) in [5.74, 6) is 0.778. The van der Waals surface area contributed by atoms with E-state index < -0.39 is 11.7 Å². The molecule has 29 heavy (non-hydrogen) atoms. The van der Waals surface area contributed by atoms with Crippen LogP contribution in [0.15, 0.2) is 66.9 Å². The van der Waals surface area contributed by atoms with E-state index in [-0.39, 0.29) is 5.91 Å². The molecule has 0 bridgehead atoms. The first-order valence-electron chi connectivity index (χ1n) is 9.56. The molecule has 1 saturated carbocycles. The Labute approximate surface area is 168 Å². The molecular weight excluding hydrogens is 368 g/mol. The van der Waals surface area contributed by atoms with Crippen molar-refractivity contribution in [3.05, 3.63) is 83.7 Å². The van der Waals surface area contributed by atoms with E-state index in [9.17, 15) is 15.0 Å². The smallest absolute Gasteiger partial charge is 0.242 e. The third-order valence-corrected chi connectivity index (χ3v) is 5.65. The van der Waals surface area contributed by atoms with E-state index in [2.05, 4.69) is 4.98 Å². The second-order valence-electron chi connectivity index (χ2n) is 7.48. The van der Waals surface area contributed by atoms with E-state index in [1.165, 1.54) is 0 Å². The third kappa shape index (κ3) is 2.97. The van der Waals surface area contributed by atoms with Crippen molar-refractivity contribution in [1.82, 2.24) is 4.98 Å². The average Bonchev–Trinajstić information content (AvgIpc) is 3.52. The molecule has 3 aromatic rings. The van der Waals surface area contributed by atoms with Crippen LogP contribution in [-0.2, 0) is 16.8 Å². The highest BCUT2D eigenvalue weighted by atomic mass is 16.5. The molecule has 2 N–H and O–H groups in total. The quantitative estimate of drug-likeness (QED) is 0.655. The lowest BCUT2D eigenvalue weighted by atomic mass is 9.98. The molecule has 2 aromatic carbocycles. The van der Waals surface area contributed by atoms with Gasteiger partial charge in [-0.3, -0.25) is 14.7 Å². The summed E-state index contributed by atoms with van der Waals surface area (Å²) in [4.78, 5) is 19.2. The van der Waals surface area contributed by atoms with Crippen molar-refractivity contribution >= 4 is 17.3 Å². The standard InChI is InChI=1S/C23H20N2O4/c26-21(27)15-4-6-17(7-5-15)25-20-9-8-18(29-14-16-3-1-2-12-24-16)13-19(20)23(10-11-23)22(25)28/h1-9,12-13,21,26-27H,10-11,14H2. The van der Waals surface area contributed by atoms with Gasteiger partial charge < -0.3 is 14.9 Å². The van der Waals surface area contributed by atoms with Crippen LogP contribution in [0.25, 0.3) is 0 Å². The second kappa shape index (κ2) is 6.69. The average molecular weight is 388 g/mol. The molecule has 2 aliphatic rings. The molecule has 6 heteroatoms. The lowest BCUT2D eigenvalue weighted by molar-refractivity contribution is -0.119. The Kier molecular flexibility index (Phi) is 4.12. The van der Waals surface area contributed by atoms with Crippen LogP contribution in [0, 0.1) is 0 Å². The lowest BCUT2D eigenvalue weighted by Gasteiger charge is -2.19. The first-order valence-corrected chi connectivity index (χ1v) is 9.56. The summed E-state index contributed by atoms with van der Waals surface area (Å²) in [6.07, 6.45) is 1.86. The van der Waals surface area contributed by atoms with Gasteiger partial charge in [-0.2, -0.15) is 0 Å². The molecule has 1 aliphatic heterocycles. The zero-order chi connectivity index (χ0) is 20.0. The Bertz CT molecular complexity index is 1060. The van der Waals surface area contributed by atoms with Crippen LogP contribution in [0.5, 0.6) is 5.75 Å². The summed E-state index contributed by atoms with van der Waals surface area (Å²) in [5, 5.41) is 18.6. The van der Waals surface area contributed by atoms with Gasteiger partial charge in [-0.1, -0.05) is 18.2 Å². The molecule has 5 rings (SSSR count). The predicted octanol–water partition coefficient (Wildman–Crippen LogP) is 3.35. The zero-order valence-electron chi connectivity index (χ0n) is 15.7. The third-order valence-electron chi connectivity index (χ3n) is 5.65. The number of aliphatic hydroxyl groups excluding tert-OH is 1. The van der Waals surface area contributed by atoms with Crippen LogP contribution in [0.3, 0.4) is 0 Å². The molecule has 0 atom stereocenters. The summed E-state index contributed by atoms with van der Waals surface area (Å²) in [5.41, 5.74) is 3.33. The second-order valence-corrected chi connectivity index (χ2v) is 7.48. The Morgan fingerprint density at radius 2 is 1.86 bits per heavy atom. The number of carbonyl (C=O) groups is 1. The maximum atomic E-state index is 13.2. The summed E-state index contributed by atoms with van der Waals surface area (Å²) in [6.45, 7) is 0.370. The van der Waals surface area contributed by atoms with Crippen LogP contribution >= 0.6 is 0 Å². The van der Waals surface area contributed by atoms with Gasteiger partial charge >= 0.3 is 0 Å². The molecule has 2 heterocycles. The SMILES string of the molecule is O=C1N(c2ccc(C(O)O)cc2)c2ccc(OCc3ccccn3)cc2C12CC2. The summed E-state index contributed by atoms with van der Waals surface area (Å²) in [7, 11) is 0. The Hall–Kier alpha value is -3.22. The first-order chi connectivity index (χ1) is 14.1. The Morgan fingerprint density at radius 3 is 2.52 bits per heavy atom. The topological polar surface area (TPSA) is 82.9 Å². The maximum absolute atomic E-state index is 13.2. The lowest BCUT2D eigenvalue weighted by Crippen LogP contribution is -2.27. The summed E-state index contributed by atoms with van der Waals surface area (Å²) < 4.78 is 5.91. The maximum Gasteiger partial charge on any atom is 0.242 e. The van der Waals surface area contributed by atoms with Crippen molar-refractivity contribution in [2.45, 2.75) is 31.2 Å². The molecule has 1 amide bonds. The number of pyridine rings is 1. The normalized spacial score (nSPS) is 16.4. The van der Waals surface area contributed by atoms with Gasteiger partial charge in [-0.15, -0.1) is 0 Å². The van der Waals surface area contributed by atoms with Gasteiger partial charge in [0.1, 0.15) is 12.4 Å². The zero-order valence-corrected chi connectivity index (χ0v) is 15.7. The Morgan fingerprint density at radius 1 is 1.07 bits per heavy atom. The van der Waals surface area contributed by atoms with Crippen molar-refractivity contribution < 1.29 is 19.7 Å². The number of benzene rings is 2. The number of rotatable bonds is 5. The fourth-order valence-corrected chi connectivity index (χ4v) is 3.92. The number of fused-ring (bicyclic) bond motifs is 2. The van der Waals surface area contributed by atoms with Crippen molar-refractivity contribution in [3.63, 3.8) is 0 Å². The van der Waals surface area contributed by atoms with Crippen molar-refractivity contribution in [3.8, 4) is 5.75 Å². The van der Waals surface area contributed by atoms with Gasteiger partial charge in [0, 0.05) is 17.4 Å². The molecule has 6 nitrogen and oxygen atoms in total. The number of ether oxygens (including phenoxy) is 1. The molecule has 0 radical (unpaired) electrons. The van der Waals surface area contributed by atoms with Crippen LogP contribution in [0.1, 0.15) is 36.0 Å². The van der Waals surface area contributed by atoms with Gasteiger partial charge in [-0.05, 0) is 60.9 Å². The molecule has 1 aromatic heterocycles. The van der Waals surface area contributed by atoms with E-state index in [0.29, 0.717) is 23.6 Å². The minimum Gasteiger partial charge on any atom is -0.487 e. The van der Waals surface area contributed by atoms with Gasteiger partial charge in [-0.25, -0.2) is 0 Å². The largest absolute Gasteiger partial charge is 0.487 e. The summed E-state index contributed by atoms with van der Waals surface area (Å²) in [6, 6.07) is 18.2. The molecule has 1 spiro atoms. The molecule has 1 fully saturated rings. The number of carbonyl (C=O) groups excluding carboxylic acids is 1. The Balaban J connectivity index is 1.45. The number of aromatic nitrogens is 1. The van der Waals surface area contributed by atoms with Crippen molar-refractivity contribution in [1.29, 1.82) is 0 Å². The molecular formula is C23H20N2O4. The van der Waals surface area contributed by atoms with E-state index >= 15 is 0 Å². The molecule has 146 valence electrons. The van der Waals surface area contributed by atoms with Crippen molar-refractivity contribution in [2.24, 2.45) is 0 Å². The number of anilines is 2. The number of nitrogens with zero attached hydrogens (tertiary/aromatic N) is 2. The number of hydrogen-bond acceptors (Lipinski definition) is 5. The number of amides is 1. The van der Waals surface area contributed by atoms with Gasteiger partial charge in [0.25, 0.3) is 0 Å². The number of aliphatic hydroxyl groups is 2. The van der Waals surface area contributed by atoms with Crippen LogP contribution in [0.2, 0.25) is 0 Å². The number of hydrogen-bond donors (Lipinski definition) is 2. The van der Waals surface area contributed by atoms with Gasteiger partial charge in [0.05, 0.1) is 16.8 Å². The molecule has 1 aliphatic carbocycles. The molecule has 0 saturated heterocycles. The highest BCUT2D eigenvalue weighted by Gasteiger charge is 2.59.